The van der Waals surface area contributed by atoms with Crippen LogP contribution in [0.25, 0.3) is 0 Å². The van der Waals surface area contributed by atoms with Crippen molar-refractivity contribution in [3.63, 3.8) is 0 Å². The predicted molar refractivity (Wildman–Crippen MR) is 73.7 cm³/mol. The van der Waals surface area contributed by atoms with E-state index in [1.165, 1.54) is 5.56 Å². The Kier molecular flexibility index (Phi) is 7.25. The van der Waals surface area contributed by atoms with Crippen LogP contribution >= 0.6 is 11.6 Å². The fourth-order valence-corrected chi connectivity index (χ4v) is 2.01. The van der Waals surface area contributed by atoms with E-state index in [9.17, 15) is 0 Å². The van der Waals surface area contributed by atoms with E-state index in [4.69, 9.17) is 16.3 Å². The Morgan fingerprint density at radius 2 is 2.06 bits per heavy atom. The highest BCUT2D eigenvalue weighted by molar-refractivity contribution is 6.31. The van der Waals surface area contributed by atoms with Gasteiger partial charge >= 0.3 is 0 Å². The van der Waals surface area contributed by atoms with Crippen molar-refractivity contribution in [3.05, 3.63) is 34.9 Å². The molecule has 0 aliphatic carbocycles. The SMILES string of the molecule is CCNCC(COCC)Cc1ccccc1Cl. The van der Waals surface area contributed by atoms with Gasteiger partial charge in [-0.2, -0.15) is 0 Å². The van der Waals surface area contributed by atoms with Crippen molar-refractivity contribution < 1.29 is 4.74 Å². The Labute approximate surface area is 109 Å². The van der Waals surface area contributed by atoms with E-state index < -0.39 is 0 Å². The summed E-state index contributed by atoms with van der Waals surface area (Å²) in [5.74, 6) is 0.481. The molecule has 0 radical (unpaired) electrons. The number of nitrogens with one attached hydrogen (secondary N) is 1. The van der Waals surface area contributed by atoms with Gasteiger partial charge in [-0.25, -0.2) is 0 Å². The van der Waals surface area contributed by atoms with Crippen molar-refractivity contribution in [1.29, 1.82) is 0 Å². The van der Waals surface area contributed by atoms with Gasteiger partial charge in [-0.05, 0) is 37.4 Å². The molecule has 0 fully saturated rings. The van der Waals surface area contributed by atoms with Crippen molar-refractivity contribution in [1.82, 2.24) is 5.32 Å². The van der Waals surface area contributed by atoms with Gasteiger partial charge in [0, 0.05) is 18.2 Å². The first kappa shape index (κ1) is 14.5. The maximum absolute atomic E-state index is 6.18. The first-order valence-electron chi connectivity index (χ1n) is 6.29. The van der Waals surface area contributed by atoms with E-state index >= 15 is 0 Å². The lowest BCUT2D eigenvalue weighted by Gasteiger charge is -2.17. The molecule has 0 aromatic heterocycles. The average molecular weight is 256 g/mol. The van der Waals surface area contributed by atoms with Crippen LogP contribution in [0, 0.1) is 5.92 Å². The normalized spacial score (nSPS) is 12.6. The molecule has 1 N–H and O–H groups in total. The van der Waals surface area contributed by atoms with Gasteiger partial charge < -0.3 is 10.1 Å². The second-order valence-electron chi connectivity index (χ2n) is 4.13. The van der Waals surface area contributed by atoms with E-state index in [1.54, 1.807) is 0 Å². The zero-order chi connectivity index (χ0) is 12.5. The largest absolute Gasteiger partial charge is 0.381 e. The fourth-order valence-electron chi connectivity index (χ4n) is 1.80. The molecular weight excluding hydrogens is 234 g/mol. The first-order chi connectivity index (χ1) is 8.27. The molecule has 0 saturated heterocycles. The lowest BCUT2D eigenvalue weighted by Crippen LogP contribution is -2.27. The van der Waals surface area contributed by atoms with Crippen LogP contribution in [0.15, 0.2) is 24.3 Å². The van der Waals surface area contributed by atoms with Crippen molar-refractivity contribution >= 4 is 11.6 Å². The summed E-state index contributed by atoms with van der Waals surface area (Å²) in [7, 11) is 0. The van der Waals surface area contributed by atoms with Crippen molar-refractivity contribution in [2.45, 2.75) is 20.3 Å². The van der Waals surface area contributed by atoms with Crippen molar-refractivity contribution in [2.75, 3.05) is 26.3 Å². The van der Waals surface area contributed by atoms with Crippen LogP contribution in [0.2, 0.25) is 5.02 Å². The maximum Gasteiger partial charge on any atom is 0.0509 e. The third-order valence-corrected chi connectivity index (χ3v) is 3.08. The quantitative estimate of drug-likeness (QED) is 0.771. The number of halogens is 1. The minimum absolute atomic E-state index is 0.481. The highest BCUT2D eigenvalue weighted by atomic mass is 35.5. The van der Waals surface area contributed by atoms with Gasteiger partial charge in [-0.15, -0.1) is 0 Å². The van der Waals surface area contributed by atoms with Gasteiger partial charge in [0.1, 0.15) is 0 Å². The molecule has 1 aromatic rings. The number of ether oxygens (including phenoxy) is 1. The second-order valence-corrected chi connectivity index (χ2v) is 4.54. The molecule has 0 heterocycles. The van der Waals surface area contributed by atoms with Gasteiger partial charge in [0.05, 0.1) is 6.61 Å². The molecule has 1 aromatic carbocycles. The number of hydrogen-bond donors (Lipinski definition) is 1. The van der Waals surface area contributed by atoms with E-state index in [-0.39, 0.29) is 0 Å². The van der Waals surface area contributed by atoms with Crippen LogP contribution in [0.1, 0.15) is 19.4 Å². The highest BCUT2D eigenvalue weighted by Crippen LogP contribution is 2.18. The molecule has 0 aliphatic rings. The molecule has 0 saturated carbocycles. The molecule has 1 rings (SSSR count). The predicted octanol–water partition coefficient (Wildman–Crippen LogP) is 3.14. The summed E-state index contributed by atoms with van der Waals surface area (Å²) in [6.45, 7) is 7.67. The topological polar surface area (TPSA) is 21.3 Å². The third-order valence-electron chi connectivity index (χ3n) is 2.71. The Morgan fingerprint density at radius 3 is 2.71 bits per heavy atom. The Balaban J connectivity index is 2.55. The fraction of sp³-hybridized carbons (Fsp3) is 0.571. The van der Waals surface area contributed by atoms with E-state index in [1.807, 2.05) is 25.1 Å². The molecule has 17 heavy (non-hydrogen) atoms. The smallest absolute Gasteiger partial charge is 0.0509 e. The molecular formula is C14H22ClNO. The standard InChI is InChI=1S/C14H22ClNO/c1-3-16-10-12(11-17-4-2)9-13-7-5-6-8-14(13)15/h5-8,12,16H,3-4,9-11H2,1-2H3. The minimum atomic E-state index is 0.481. The van der Waals surface area contributed by atoms with E-state index in [0.29, 0.717) is 5.92 Å². The zero-order valence-corrected chi connectivity index (χ0v) is 11.5. The van der Waals surface area contributed by atoms with E-state index in [2.05, 4.69) is 18.3 Å². The monoisotopic (exact) mass is 255 g/mol. The molecule has 0 amide bonds. The molecule has 3 heteroatoms. The molecule has 2 nitrogen and oxygen atoms in total. The van der Waals surface area contributed by atoms with Gasteiger partial charge in [-0.3, -0.25) is 0 Å². The third kappa shape index (κ3) is 5.53. The Hall–Kier alpha value is -0.570. The van der Waals surface area contributed by atoms with Crippen LogP contribution < -0.4 is 5.32 Å². The number of hydrogen-bond acceptors (Lipinski definition) is 2. The summed E-state index contributed by atoms with van der Waals surface area (Å²) in [5.41, 5.74) is 1.21. The van der Waals surface area contributed by atoms with Crippen LogP contribution in [0.4, 0.5) is 0 Å². The van der Waals surface area contributed by atoms with Gasteiger partial charge in [0.15, 0.2) is 0 Å². The Morgan fingerprint density at radius 1 is 1.29 bits per heavy atom. The summed E-state index contributed by atoms with van der Waals surface area (Å²) in [6.07, 6.45) is 0.965. The van der Waals surface area contributed by atoms with Crippen LogP contribution in [-0.4, -0.2) is 26.3 Å². The van der Waals surface area contributed by atoms with Crippen LogP contribution in [-0.2, 0) is 11.2 Å². The molecule has 0 spiro atoms. The minimum Gasteiger partial charge on any atom is -0.381 e. The maximum atomic E-state index is 6.18. The highest BCUT2D eigenvalue weighted by Gasteiger charge is 2.11. The molecule has 0 aliphatic heterocycles. The van der Waals surface area contributed by atoms with Gasteiger partial charge in [0.2, 0.25) is 0 Å². The van der Waals surface area contributed by atoms with Crippen molar-refractivity contribution in [3.8, 4) is 0 Å². The molecule has 96 valence electrons. The van der Waals surface area contributed by atoms with Crippen molar-refractivity contribution in [2.24, 2.45) is 5.92 Å². The summed E-state index contributed by atoms with van der Waals surface area (Å²) in [5, 5.41) is 4.23. The molecule has 1 unspecified atom stereocenters. The molecule has 1 atom stereocenters. The van der Waals surface area contributed by atoms with Gasteiger partial charge in [-0.1, -0.05) is 36.7 Å². The first-order valence-corrected chi connectivity index (χ1v) is 6.67. The number of rotatable bonds is 8. The van der Waals surface area contributed by atoms with Crippen LogP contribution in [0.3, 0.4) is 0 Å². The second kappa shape index (κ2) is 8.51. The summed E-state index contributed by atoms with van der Waals surface area (Å²) >= 11 is 6.18. The average Bonchev–Trinajstić information content (AvgIpc) is 2.35. The lowest BCUT2D eigenvalue weighted by atomic mass is 10.00. The van der Waals surface area contributed by atoms with Gasteiger partial charge in [0.25, 0.3) is 0 Å². The van der Waals surface area contributed by atoms with E-state index in [0.717, 1.165) is 37.7 Å². The lowest BCUT2D eigenvalue weighted by molar-refractivity contribution is 0.110. The summed E-state index contributed by atoms with van der Waals surface area (Å²) < 4.78 is 5.52. The summed E-state index contributed by atoms with van der Waals surface area (Å²) in [4.78, 5) is 0. The molecule has 0 bridgehead atoms. The zero-order valence-electron chi connectivity index (χ0n) is 10.7. The Bertz CT molecular complexity index is 309. The number of benzene rings is 1. The summed E-state index contributed by atoms with van der Waals surface area (Å²) in [6, 6.07) is 8.04. The van der Waals surface area contributed by atoms with Crippen LogP contribution in [0.5, 0.6) is 0 Å².